The van der Waals surface area contributed by atoms with Crippen molar-refractivity contribution in [1.82, 2.24) is 10.6 Å². The smallest absolute Gasteiger partial charge is 0.201 e. The molecule has 1 aliphatic carbocycles. The van der Waals surface area contributed by atoms with E-state index in [0.29, 0.717) is 11.9 Å². The van der Waals surface area contributed by atoms with Crippen LogP contribution in [0.1, 0.15) is 38.2 Å². The maximum atomic E-state index is 6.12. The van der Waals surface area contributed by atoms with Gasteiger partial charge in [-0.25, -0.2) is 9.98 Å². The first-order chi connectivity index (χ1) is 12.6. The molecule has 4 N–H and O–H groups in total. The molecule has 2 rings (SSSR count). The van der Waals surface area contributed by atoms with Crippen LogP contribution >= 0.6 is 0 Å². The van der Waals surface area contributed by atoms with Crippen molar-refractivity contribution in [1.29, 1.82) is 0 Å². The number of allylic oxidation sites excluding steroid dienone is 1. The normalized spacial score (nSPS) is 23.2. The highest BCUT2D eigenvalue weighted by Gasteiger charge is 2.28. The van der Waals surface area contributed by atoms with Crippen LogP contribution in [0.3, 0.4) is 0 Å². The molecule has 1 aromatic carbocycles. The topological polar surface area (TPSA) is 74.8 Å². The second-order valence-electron chi connectivity index (χ2n) is 6.92. The van der Waals surface area contributed by atoms with E-state index >= 15 is 0 Å². The summed E-state index contributed by atoms with van der Waals surface area (Å²) in [7, 11) is 0. The number of aliphatic imine (C=N–C) groups is 2. The van der Waals surface area contributed by atoms with Crippen LogP contribution in [0.15, 0.2) is 65.4 Å². The largest absolute Gasteiger partial charge is 0.330 e. The van der Waals surface area contributed by atoms with Crippen molar-refractivity contribution in [2.75, 3.05) is 0 Å². The second kappa shape index (κ2) is 10.6. The highest BCUT2D eigenvalue weighted by atomic mass is 15.2. The zero-order valence-electron chi connectivity index (χ0n) is 15.7. The first-order valence-corrected chi connectivity index (χ1v) is 9.29. The minimum atomic E-state index is 0.223. The fourth-order valence-electron chi connectivity index (χ4n) is 3.17. The van der Waals surface area contributed by atoms with E-state index in [1.165, 1.54) is 11.8 Å². The predicted octanol–water partition coefficient (Wildman–Crippen LogP) is 3.36. The van der Waals surface area contributed by atoms with Gasteiger partial charge in [0.1, 0.15) is 0 Å². The van der Waals surface area contributed by atoms with Gasteiger partial charge in [-0.15, -0.1) is 0 Å². The SMILES string of the molecule is C=CN=CNC(=NC1CC(C)C(N)C1)NC(=C)CCCc1ccccc1. The number of hydrogen-bond donors (Lipinski definition) is 3. The summed E-state index contributed by atoms with van der Waals surface area (Å²) < 4.78 is 0. The number of nitrogens with two attached hydrogens (primary N) is 1. The first-order valence-electron chi connectivity index (χ1n) is 9.29. The third-order valence-corrected chi connectivity index (χ3v) is 4.69. The molecule has 5 nitrogen and oxygen atoms in total. The number of aryl methyl sites for hydroxylation is 1. The minimum Gasteiger partial charge on any atom is -0.330 e. The maximum Gasteiger partial charge on any atom is 0.201 e. The molecule has 26 heavy (non-hydrogen) atoms. The molecule has 5 heteroatoms. The molecule has 3 atom stereocenters. The molecule has 1 saturated carbocycles. The van der Waals surface area contributed by atoms with Gasteiger partial charge in [-0.3, -0.25) is 0 Å². The molecule has 0 radical (unpaired) electrons. The van der Waals surface area contributed by atoms with Crippen LogP contribution in [0.4, 0.5) is 0 Å². The third-order valence-electron chi connectivity index (χ3n) is 4.69. The van der Waals surface area contributed by atoms with Gasteiger partial charge in [0.05, 0.1) is 12.4 Å². The Labute approximate surface area is 157 Å². The molecule has 0 bridgehead atoms. The number of nitrogens with one attached hydrogen (secondary N) is 2. The molecule has 1 aliphatic rings. The lowest BCUT2D eigenvalue weighted by molar-refractivity contribution is 0.526. The van der Waals surface area contributed by atoms with Gasteiger partial charge in [0.2, 0.25) is 5.96 Å². The van der Waals surface area contributed by atoms with Gasteiger partial charge in [-0.1, -0.05) is 50.4 Å². The summed E-state index contributed by atoms with van der Waals surface area (Å²) in [5.74, 6) is 1.17. The monoisotopic (exact) mass is 353 g/mol. The summed E-state index contributed by atoms with van der Waals surface area (Å²) in [4.78, 5) is 8.76. The lowest BCUT2D eigenvalue weighted by Crippen LogP contribution is -2.37. The Kier molecular flexibility index (Phi) is 8.09. The van der Waals surface area contributed by atoms with E-state index in [4.69, 9.17) is 10.7 Å². The summed E-state index contributed by atoms with van der Waals surface area (Å²) in [6, 6.07) is 10.9. The van der Waals surface area contributed by atoms with Gasteiger partial charge < -0.3 is 16.4 Å². The molecule has 0 amide bonds. The van der Waals surface area contributed by atoms with Gasteiger partial charge in [-0.05, 0) is 43.6 Å². The van der Waals surface area contributed by atoms with Crippen LogP contribution < -0.4 is 16.4 Å². The Morgan fingerprint density at radius 3 is 2.73 bits per heavy atom. The summed E-state index contributed by atoms with van der Waals surface area (Å²) in [6.07, 6.45) is 7.93. The average Bonchev–Trinajstić information content (AvgIpc) is 2.93. The zero-order valence-corrected chi connectivity index (χ0v) is 15.7. The van der Waals surface area contributed by atoms with E-state index in [-0.39, 0.29) is 12.1 Å². The van der Waals surface area contributed by atoms with Gasteiger partial charge in [0.15, 0.2) is 0 Å². The molecule has 1 fully saturated rings. The summed E-state index contributed by atoms with van der Waals surface area (Å²) >= 11 is 0. The Morgan fingerprint density at radius 1 is 1.31 bits per heavy atom. The van der Waals surface area contributed by atoms with Crippen LogP contribution in [0.5, 0.6) is 0 Å². The van der Waals surface area contributed by atoms with Crippen molar-refractivity contribution in [2.24, 2.45) is 21.6 Å². The van der Waals surface area contributed by atoms with Crippen LogP contribution in [-0.4, -0.2) is 24.4 Å². The highest BCUT2D eigenvalue weighted by molar-refractivity contribution is 5.91. The predicted molar refractivity (Wildman–Crippen MR) is 111 cm³/mol. The van der Waals surface area contributed by atoms with Crippen molar-refractivity contribution in [3.63, 3.8) is 0 Å². The van der Waals surface area contributed by atoms with Crippen LogP contribution in [0.25, 0.3) is 0 Å². The molecule has 0 heterocycles. The Balaban J connectivity index is 1.87. The van der Waals surface area contributed by atoms with E-state index in [1.807, 2.05) is 6.07 Å². The van der Waals surface area contributed by atoms with Crippen molar-refractivity contribution in [3.05, 3.63) is 61.0 Å². The third kappa shape index (κ3) is 6.84. The van der Waals surface area contributed by atoms with E-state index in [1.54, 1.807) is 6.34 Å². The Morgan fingerprint density at radius 2 is 2.08 bits per heavy atom. The van der Waals surface area contributed by atoms with Gasteiger partial charge >= 0.3 is 0 Å². The van der Waals surface area contributed by atoms with Gasteiger partial charge in [0, 0.05) is 17.9 Å². The Bertz CT molecular complexity index is 625. The maximum absolute atomic E-state index is 6.12. The molecule has 0 aromatic heterocycles. The zero-order chi connectivity index (χ0) is 18.8. The quantitative estimate of drug-likeness (QED) is 0.495. The molecule has 0 aliphatic heterocycles. The summed E-state index contributed by atoms with van der Waals surface area (Å²) in [5, 5.41) is 6.39. The lowest BCUT2D eigenvalue weighted by atomic mass is 10.1. The van der Waals surface area contributed by atoms with Crippen LogP contribution in [-0.2, 0) is 6.42 Å². The Hall–Kier alpha value is -2.40. The number of hydrogen-bond acceptors (Lipinski definition) is 3. The van der Waals surface area contributed by atoms with Gasteiger partial charge in [-0.2, -0.15) is 0 Å². The first kappa shape index (κ1) is 19.9. The van der Waals surface area contributed by atoms with Crippen LogP contribution in [0.2, 0.25) is 0 Å². The number of nitrogens with zero attached hydrogens (tertiary/aromatic N) is 2. The second-order valence-corrected chi connectivity index (χ2v) is 6.92. The summed E-state index contributed by atoms with van der Waals surface area (Å²) in [5.41, 5.74) is 8.41. The van der Waals surface area contributed by atoms with Crippen molar-refractivity contribution in [2.45, 2.75) is 51.1 Å². The lowest BCUT2D eigenvalue weighted by Gasteiger charge is -2.14. The standard InChI is InChI=1S/C21H31N5/c1-4-23-15-24-21(26-19-13-16(2)20(22)14-19)25-17(3)9-8-12-18-10-6-5-7-11-18/h4-7,10-11,15-16,19-20H,1,3,8-9,12-14,22H2,2H3,(H2,23,24,25,26). The van der Waals surface area contributed by atoms with Crippen molar-refractivity contribution in [3.8, 4) is 0 Å². The molecule has 0 saturated heterocycles. The molecular weight excluding hydrogens is 322 g/mol. The molecule has 140 valence electrons. The molecule has 0 spiro atoms. The fourth-order valence-corrected chi connectivity index (χ4v) is 3.17. The number of benzene rings is 1. The highest BCUT2D eigenvalue weighted by Crippen LogP contribution is 2.26. The van der Waals surface area contributed by atoms with E-state index in [2.05, 4.69) is 60.0 Å². The summed E-state index contributed by atoms with van der Waals surface area (Å²) in [6.45, 7) is 9.90. The number of guanidine groups is 1. The van der Waals surface area contributed by atoms with Crippen LogP contribution in [0, 0.1) is 5.92 Å². The minimum absolute atomic E-state index is 0.223. The van der Waals surface area contributed by atoms with Crippen molar-refractivity contribution >= 4 is 12.3 Å². The number of rotatable bonds is 8. The van der Waals surface area contributed by atoms with Gasteiger partial charge in [0.25, 0.3) is 0 Å². The average molecular weight is 354 g/mol. The molecule has 1 aromatic rings. The van der Waals surface area contributed by atoms with E-state index in [0.717, 1.165) is 37.8 Å². The molecular formula is C21H31N5. The van der Waals surface area contributed by atoms with E-state index in [9.17, 15) is 0 Å². The fraction of sp³-hybridized carbons (Fsp3) is 0.429. The molecule has 3 unspecified atom stereocenters. The van der Waals surface area contributed by atoms with E-state index < -0.39 is 0 Å². The van der Waals surface area contributed by atoms with Crippen molar-refractivity contribution < 1.29 is 0 Å².